The summed E-state index contributed by atoms with van der Waals surface area (Å²) < 4.78 is 21.7. The molecule has 1 aliphatic heterocycles. The molecule has 0 aromatic heterocycles. The van der Waals surface area contributed by atoms with Gasteiger partial charge in [0.25, 0.3) is 0 Å². The molecule has 0 aromatic rings. The van der Waals surface area contributed by atoms with E-state index in [1.165, 1.54) is 0 Å². The zero-order valence-corrected chi connectivity index (χ0v) is 7.43. The third-order valence-electron chi connectivity index (χ3n) is 1.45. The van der Waals surface area contributed by atoms with Gasteiger partial charge in [0.2, 0.25) is 0 Å². The zero-order valence-electron chi connectivity index (χ0n) is 6.53. The molecule has 2 unspecified atom stereocenters. The molecule has 0 aliphatic carbocycles. The molecule has 0 aromatic carbocycles. The minimum absolute atomic E-state index is 0.00627. The van der Waals surface area contributed by atoms with Crippen molar-refractivity contribution in [3.63, 3.8) is 0 Å². The maximum absolute atomic E-state index is 11.5. The predicted octanol–water partition coefficient (Wildman–Crippen LogP) is 2.02. The summed E-state index contributed by atoms with van der Waals surface area (Å²) in [6, 6.07) is 0. The van der Waals surface area contributed by atoms with Crippen LogP contribution in [-0.4, -0.2) is 18.4 Å². The van der Waals surface area contributed by atoms with Gasteiger partial charge in [0.15, 0.2) is 0 Å². The molecule has 2 atom stereocenters. The van der Waals surface area contributed by atoms with Crippen LogP contribution in [0.5, 0.6) is 0 Å². The number of rotatable bonds is 1. The van der Waals surface area contributed by atoms with E-state index in [1.54, 1.807) is 0 Å². The second kappa shape index (κ2) is 2.65. The van der Waals surface area contributed by atoms with Gasteiger partial charge in [-0.3, -0.25) is 4.57 Å². The van der Waals surface area contributed by atoms with Crippen LogP contribution in [0.1, 0.15) is 20.8 Å². The van der Waals surface area contributed by atoms with E-state index in [4.69, 9.17) is 9.05 Å². The van der Waals surface area contributed by atoms with Gasteiger partial charge in [0.05, 0.1) is 18.4 Å². The van der Waals surface area contributed by atoms with Crippen LogP contribution in [0.25, 0.3) is 0 Å². The van der Waals surface area contributed by atoms with Gasteiger partial charge in [-0.1, -0.05) is 13.8 Å². The van der Waals surface area contributed by atoms with Crippen LogP contribution in [0.4, 0.5) is 0 Å². The molecule has 1 aliphatic rings. The Morgan fingerprint density at radius 1 is 1.60 bits per heavy atom. The highest BCUT2D eigenvalue weighted by Crippen LogP contribution is 2.57. The Morgan fingerprint density at radius 3 is 2.40 bits per heavy atom. The number of hydrogen-bond acceptors (Lipinski definition) is 3. The van der Waals surface area contributed by atoms with Crippen LogP contribution in [0.2, 0.25) is 0 Å². The fourth-order valence-electron chi connectivity index (χ4n) is 0.791. The Balaban J connectivity index is 2.64. The zero-order chi connectivity index (χ0) is 7.78. The molecular weight excluding hydrogens is 151 g/mol. The van der Waals surface area contributed by atoms with Gasteiger partial charge in [-0.25, -0.2) is 0 Å². The summed E-state index contributed by atoms with van der Waals surface area (Å²) in [7, 11) is -2.70. The third-order valence-corrected chi connectivity index (χ3v) is 3.88. The molecule has 0 bridgehead atoms. The van der Waals surface area contributed by atoms with Crippen LogP contribution >= 0.6 is 7.60 Å². The van der Waals surface area contributed by atoms with Crippen molar-refractivity contribution in [2.45, 2.75) is 32.5 Å². The van der Waals surface area contributed by atoms with Crippen LogP contribution < -0.4 is 0 Å². The Kier molecular flexibility index (Phi) is 2.18. The lowest BCUT2D eigenvalue weighted by Gasteiger charge is -2.12. The van der Waals surface area contributed by atoms with Gasteiger partial charge in [-0.05, 0) is 6.92 Å². The van der Waals surface area contributed by atoms with Gasteiger partial charge in [-0.2, -0.15) is 0 Å². The van der Waals surface area contributed by atoms with Gasteiger partial charge in [0.1, 0.15) is 0 Å². The van der Waals surface area contributed by atoms with E-state index in [0.717, 1.165) is 0 Å². The third kappa shape index (κ3) is 1.42. The highest BCUT2D eigenvalue weighted by atomic mass is 31.2. The first kappa shape index (κ1) is 8.25. The first-order chi connectivity index (χ1) is 4.54. The van der Waals surface area contributed by atoms with Crippen LogP contribution in [0.3, 0.4) is 0 Å². The summed E-state index contributed by atoms with van der Waals surface area (Å²) in [4.78, 5) is 0. The normalized spacial score (nSPS) is 41.0. The maximum Gasteiger partial charge on any atom is 0.333 e. The summed E-state index contributed by atoms with van der Waals surface area (Å²) >= 11 is 0. The molecule has 0 radical (unpaired) electrons. The maximum atomic E-state index is 11.5. The Morgan fingerprint density at radius 2 is 2.20 bits per heavy atom. The molecular formula is C6H13O3P. The van der Waals surface area contributed by atoms with Crippen LogP contribution in [0.15, 0.2) is 0 Å². The van der Waals surface area contributed by atoms with E-state index < -0.39 is 7.60 Å². The molecule has 1 heterocycles. The highest BCUT2D eigenvalue weighted by Gasteiger charge is 2.37. The molecule has 60 valence electrons. The standard InChI is InChI=1S/C6H13O3P/c1-5(2)10(7)8-4-6(3)9-10/h5-6H,4H2,1-3H3. The van der Waals surface area contributed by atoms with Gasteiger partial charge >= 0.3 is 7.60 Å². The Labute approximate surface area is 61.2 Å². The van der Waals surface area contributed by atoms with E-state index in [-0.39, 0.29) is 11.8 Å². The van der Waals surface area contributed by atoms with E-state index in [0.29, 0.717) is 6.61 Å². The topological polar surface area (TPSA) is 35.5 Å². The SMILES string of the molecule is CC1COP(=O)(C(C)C)O1. The second-order valence-electron chi connectivity index (χ2n) is 2.85. The smallest absolute Gasteiger partial charge is 0.306 e. The van der Waals surface area contributed by atoms with Crippen molar-refractivity contribution in [3.05, 3.63) is 0 Å². The Hall–Kier alpha value is 0.150. The molecule has 1 rings (SSSR count). The van der Waals surface area contributed by atoms with E-state index >= 15 is 0 Å². The van der Waals surface area contributed by atoms with Gasteiger partial charge < -0.3 is 9.05 Å². The van der Waals surface area contributed by atoms with Gasteiger partial charge in [-0.15, -0.1) is 0 Å². The van der Waals surface area contributed by atoms with Crippen molar-refractivity contribution in [1.29, 1.82) is 0 Å². The lowest BCUT2D eigenvalue weighted by atomic mass is 10.5. The van der Waals surface area contributed by atoms with E-state index in [9.17, 15) is 4.57 Å². The summed E-state index contributed by atoms with van der Waals surface area (Å²) in [6.45, 7) is 6.02. The van der Waals surface area contributed by atoms with Crippen LogP contribution in [0, 0.1) is 0 Å². The molecule has 0 amide bonds. The summed E-state index contributed by atoms with van der Waals surface area (Å²) in [6.07, 6.45) is -0.00627. The molecule has 3 nitrogen and oxygen atoms in total. The average molecular weight is 164 g/mol. The number of hydrogen-bond donors (Lipinski definition) is 0. The lowest BCUT2D eigenvalue weighted by Crippen LogP contribution is -2.01. The summed E-state index contributed by atoms with van der Waals surface area (Å²) in [5.41, 5.74) is -0.0163. The predicted molar refractivity (Wildman–Crippen MR) is 39.2 cm³/mol. The minimum Gasteiger partial charge on any atom is -0.306 e. The quantitative estimate of drug-likeness (QED) is 0.556. The van der Waals surface area contributed by atoms with Crippen molar-refractivity contribution in [2.75, 3.05) is 6.61 Å². The van der Waals surface area contributed by atoms with Crippen molar-refractivity contribution in [3.8, 4) is 0 Å². The molecule has 0 saturated carbocycles. The summed E-state index contributed by atoms with van der Waals surface area (Å²) in [5, 5.41) is 0. The monoisotopic (exact) mass is 164 g/mol. The molecule has 1 fully saturated rings. The van der Waals surface area contributed by atoms with E-state index in [2.05, 4.69) is 0 Å². The summed E-state index contributed by atoms with van der Waals surface area (Å²) in [5.74, 6) is 0. The first-order valence-electron chi connectivity index (χ1n) is 3.47. The molecule has 4 heteroatoms. The first-order valence-corrected chi connectivity index (χ1v) is 5.08. The largest absolute Gasteiger partial charge is 0.333 e. The second-order valence-corrected chi connectivity index (χ2v) is 5.43. The molecule has 1 saturated heterocycles. The Bertz CT molecular complexity index is 166. The highest BCUT2D eigenvalue weighted by molar-refractivity contribution is 7.54. The molecule has 0 spiro atoms. The molecule has 0 N–H and O–H groups in total. The molecule has 10 heavy (non-hydrogen) atoms. The van der Waals surface area contributed by atoms with Crippen molar-refractivity contribution in [2.24, 2.45) is 0 Å². The fourth-order valence-corrected chi connectivity index (χ4v) is 2.37. The minimum atomic E-state index is -2.70. The van der Waals surface area contributed by atoms with Crippen LogP contribution in [-0.2, 0) is 13.6 Å². The van der Waals surface area contributed by atoms with Crippen molar-refractivity contribution >= 4 is 7.60 Å². The fraction of sp³-hybridized carbons (Fsp3) is 1.00. The van der Waals surface area contributed by atoms with E-state index in [1.807, 2.05) is 20.8 Å². The van der Waals surface area contributed by atoms with Crippen molar-refractivity contribution in [1.82, 2.24) is 0 Å². The lowest BCUT2D eigenvalue weighted by molar-refractivity contribution is 0.255. The van der Waals surface area contributed by atoms with Crippen molar-refractivity contribution < 1.29 is 13.6 Å². The van der Waals surface area contributed by atoms with Gasteiger partial charge in [0, 0.05) is 0 Å². The average Bonchev–Trinajstić information content (AvgIpc) is 2.13.